The first-order valence-corrected chi connectivity index (χ1v) is 21.4. The highest BCUT2D eigenvalue weighted by Crippen LogP contribution is 2.53. The Morgan fingerprint density at radius 1 is 0.356 bits per heavy atom. The molecule has 0 bridgehead atoms. The van der Waals surface area contributed by atoms with E-state index in [0.29, 0.717) is 17.5 Å². The van der Waals surface area contributed by atoms with Crippen LogP contribution in [0.5, 0.6) is 0 Å². The molecule has 274 valence electrons. The molecular weight excluding hydrogens is 757 g/mol. The summed E-state index contributed by atoms with van der Waals surface area (Å²) in [4.78, 5) is 18.2. The van der Waals surface area contributed by atoms with Gasteiger partial charge in [0.1, 0.15) is 0 Å². The van der Waals surface area contributed by atoms with Crippen LogP contribution in [0.25, 0.3) is 107 Å². The zero-order chi connectivity index (χ0) is 38.6. The molecule has 0 radical (unpaired) electrons. The Balaban J connectivity index is 1.02. The van der Waals surface area contributed by atoms with Crippen LogP contribution in [0.3, 0.4) is 0 Å². The third-order valence-electron chi connectivity index (χ3n) is 11.8. The van der Waals surface area contributed by atoms with Gasteiger partial charge in [-0.05, 0) is 94.5 Å². The van der Waals surface area contributed by atoms with Gasteiger partial charge in [0, 0.05) is 73.7 Å². The molecular formula is C53H30N4S2. The Kier molecular flexibility index (Phi) is 7.02. The highest BCUT2D eigenvalue weighted by molar-refractivity contribution is 7.26. The normalized spacial score (nSPS) is 12.4. The minimum absolute atomic E-state index is 0.631. The first-order valence-electron chi connectivity index (χ1n) is 19.8. The van der Waals surface area contributed by atoms with E-state index in [4.69, 9.17) is 15.0 Å². The molecule has 0 aliphatic carbocycles. The Hall–Kier alpha value is -7.25. The van der Waals surface area contributed by atoms with Crippen LogP contribution < -0.4 is 4.90 Å². The molecule has 3 aromatic heterocycles. The summed E-state index contributed by atoms with van der Waals surface area (Å²) >= 11 is 3.63. The fourth-order valence-electron chi connectivity index (χ4n) is 9.13. The van der Waals surface area contributed by atoms with Gasteiger partial charge in [-0.25, -0.2) is 15.0 Å². The first-order chi connectivity index (χ1) is 29.2. The average Bonchev–Trinajstić information content (AvgIpc) is 3.87. The molecule has 0 fully saturated rings. The van der Waals surface area contributed by atoms with Crippen LogP contribution in [0.4, 0.5) is 17.1 Å². The van der Waals surface area contributed by atoms with E-state index in [1.54, 1.807) is 0 Å². The van der Waals surface area contributed by atoms with E-state index in [-0.39, 0.29) is 0 Å². The highest BCUT2D eigenvalue weighted by atomic mass is 32.1. The van der Waals surface area contributed by atoms with E-state index in [1.165, 1.54) is 73.0 Å². The zero-order valence-electron chi connectivity index (χ0n) is 31.4. The summed E-state index contributed by atoms with van der Waals surface area (Å²) < 4.78 is 5.04. The summed E-state index contributed by atoms with van der Waals surface area (Å²) in [5, 5.41) is 9.86. The number of aromatic nitrogens is 3. The van der Waals surface area contributed by atoms with Crippen molar-refractivity contribution in [3.05, 3.63) is 182 Å². The largest absolute Gasteiger partial charge is 0.309 e. The van der Waals surface area contributed by atoms with Crippen molar-refractivity contribution >= 4 is 102 Å². The molecule has 13 rings (SSSR count). The number of anilines is 3. The molecule has 1 aliphatic heterocycles. The van der Waals surface area contributed by atoms with E-state index >= 15 is 0 Å². The number of fused-ring (bicyclic) bond motifs is 10. The molecule has 4 heterocycles. The van der Waals surface area contributed by atoms with Gasteiger partial charge in [0.05, 0.1) is 11.4 Å². The molecule has 0 atom stereocenters. The van der Waals surface area contributed by atoms with E-state index < -0.39 is 0 Å². The summed E-state index contributed by atoms with van der Waals surface area (Å²) in [6.45, 7) is 0. The molecule has 0 saturated heterocycles. The molecule has 0 spiro atoms. The van der Waals surface area contributed by atoms with Crippen molar-refractivity contribution in [2.24, 2.45) is 0 Å². The van der Waals surface area contributed by atoms with Gasteiger partial charge in [-0.2, -0.15) is 0 Å². The fourth-order valence-corrected chi connectivity index (χ4v) is 11.3. The lowest BCUT2D eigenvalue weighted by Crippen LogP contribution is -2.15. The Bertz CT molecular complexity index is 3570. The van der Waals surface area contributed by atoms with Crippen molar-refractivity contribution in [1.29, 1.82) is 0 Å². The van der Waals surface area contributed by atoms with E-state index in [9.17, 15) is 0 Å². The Labute approximate surface area is 347 Å². The van der Waals surface area contributed by atoms with Gasteiger partial charge in [-0.3, -0.25) is 0 Å². The van der Waals surface area contributed by atoms with Crippen LogP contribution in [0, 0.1) is 0 Å². The van der Waals surface area contributed by atoms with Crippen molar-refractivity contribution in [3.63, 3.8) is 0 Å². The van der Waals surface area contributed by atoms with Crippen molar-refractivity contribution < 1.29 is 0 Å². The average molecular weight is 787 g/mol. The fraction of sp³-hybridized carbons (Fsp3) is 0. The van der Waals surface area contributed by atoms with Gasteiger partial charge in [0.15, 0.2) is 17.5 Å². The predicted molar refractivity (Wildman–Crippen MR) is 251 cm³/mol. The van der Waals surface area contributed by atoms with Crippen molar-refractivity contribution in [2.45, 2.75) is 0 Å². The summed E-state index contributed by atoms with van der Waals surface area (Å²) in [7, 11) is 0. The topological polar surface area (TPSA) is 41.9 Å². The van der Waals surface area contributed by atoms with Crippen LogP contribution >= 0.6 is 22.7 Å². The van der Waals surface area contributed by atoms with Gasteiger partial charge < -0.3 is 4.90 Å². The summed E-state index contributed by atoms with van der Waals surface area (Å²) in [5.41, 5.74) is 8.70. The van der Waals surface area contributed by atoms with Crippen molar-refractivity contribution in [2.75, 3.05) is 4.90 Å². The lowest BCUT2D eigenvalue weighted by Gasteiger charge is -2.34. The molecule has 59 heavy (non-hydrogen) atoms. The second-order valence-electron chi connectivity index (χ2n) is 15.2. The van der Waals surface area contributed by atoms with Crippen LogP contribution in [0.2, 0.25) is 0 Å². The third kappa shape index (κ3) is 5.04. The van der Waals surface area contributed by atoms with Crippen molar-refractivity contribution in [1.82, 2.24) is 15.0 Å². The molecule has 0 N–H and O–H groups in total. The number of hydrogen-bond acceptors (Lipinski definition) is 6. The Morgan fingerprint density at radius 2 is 0.898 bits per heavy atom. The van der Waals surface area contributed by atoms with Crippen LogP contribution in [0.1, 0.15) is 0 Å². The van der Waals surface area contributed by atoms with Crippen molar-refractivity contribution in [3.8, 4) is 45.3 Å². The number of nitrogens with zero attached hydrogens (tertiary/aromatic N) is 4. The lowest BCUT2D eigenvalue weighted by molar-refractivity contribution is 1.07. The third-order valence-corrected chi connectivity index (χ3v) is 14.1. The molecule has 0 saturated carbocycles. The Morgan fingerprint density at radius 3 is 1.58 bits per heavy atom. The van der Waals surface area contributed by atoms with E-state index in [0.717, 1.165) is 33.8 Å². The van der Waals surface area contributed by atoms with Gasteiger partial charge in [0.25, 0.3) is 0 Å². The first kappa shape index (κ1) is 32.8. The zero-order valence-corrected chi connectivity index (χ0v) is 33.1. The number of rotatable bonds is 4. The molecule has 1 aliphatic rings. The highest BCUT2D eigenvalue weighted by Gasteiger charge is 2.28. The minimum atomic E-state index is 0.631. The SMILES string of the molecule is c1cc(-c2nc(-c3ccc4sc5ccccc5c4c3)nc(-c3ccc4sc5ccccc5c4c3)n2)cc(N2c3ccc4ccccc4c3-c3cccc4cccc2c34)c1. The van der Waals surface area contributed by atoms with Crippen LogP contribution in [0.15, 0.2) is 182 Å². The molecule has 9 aromatic carbocycles. The summed E-state index contributed by atoms with van der Waals surface area (Å²) in [6, 6.07) is 65.6. The van der Waals surface area contributed by atoms with Gasteiger partial charge in [-0.15, -0.1) is 22.7 Å². The quantitative estimate of drug-likeness (QED) is 0.178. The number of benzene rings is 9. The maximum atomic E-state index is 5.28. The van der Waals surface area contributed by atoms with Gasteiger partial charge >= 0.3 is 0 Å². The monoisotopic (exact) mass is 786 g/mol. The maximum absolute atomic E-state index is 5.28. The van der Waals surface area contributed by atoms with Crippen LogP contribution in [-0.2, 0) is 0 Å². The smallest absolute Gasteiger partial charge is 0.164 e. The standard InChI is InChI=1S/C53H30N4S2/c1-2-15-37-31(10-1)22-25-44-50(37)40-18-8-11-32-12-9-19-43(49(32)40)57(44)36-14-7-13-33(28-36)51-54-52(34-23-26-47-41(29-34)38-16-3-5-20-45(38)58-47)56-53(55-51)35-24-27-48-42(30-35)39-17-4-6-21-46(39)59-48/h1-30H. The summed E-state index contributed by atoms with van der Waals surface area (Å²) in [5.74, 6) is 1.93. The molecule has 6 heteroatoms. The van der Waals surface area contributed by atoms with Crippen LogP contribution in [-0.4, -0.2) is 15.0 Å². The van der Waals surface area contributed by atoms with E-state index in [2.05, 4.69) is 187 Å². The minimum Gasteiger partial charge on any atom is -0.309 e. The molecule has 0 amide bonds. The second kappa shape index (κ2) is 12.6. The molecule has 4 nitrogen and oxygen atoms in total. The predicted octanol–water partition coefficient (Wildman–Crippen LogP) is 15.4. The lowest BCUT2D eigenvalue weighted by atomic mass is 9.87. The number of thiophene rings is 2. The molecule has 12 aromatic rings. The number of hydrogen-bond donors (Lipinski definition) is 0. The maximum Gasteiger partial charge on any atom is 0.164 e. The van der Waals surface area contributed by atoms with E-state index in [1.807, 2.05) is 22.7 Å². The summed E-state index contributed by atoms with van der Waals surface area (Å²) in [6.07, 6.45) is 0. The molecule has 0 unspecified atom stereocenters. The van der Waals surface area contributed by atoms with Gasteiger partial charge in [0.2, 0.25) is 0 Å². The second-order valence-corrected chi connectivity index (χ2v) is 17.3. The van der Waals surface area contributed by atoms with Gasteiger partial charge in [-0.1, -0.05) is 109 Å².